The summed E-state index contributed by atoms with van der Waals surface area (Å²) in [6.45, 7) is 4.08. The number of aromatic nitrogens is 4. The molecule has 74 valence electrons. The van der Waals surface area contributed by atoms with Crippen molar-refractivity contribution in [3.05, 3.63) is 10.8 Å². The second-order valence-corrected chi connectivity index (χ2v) is 3.72. The third kappa shape index (κ3) is 1.29. The van der Waals surface area contributed by atoms with Gasteiger partial charge in [-0.05, 0) is 5.92 Å². The van der Waals surface area contributed by atoms with Gasteiger partial charge < -0.3 is 5.73 Å². The second-order valence-electron chi connectivity index (χ2n) is 3.36. The first-order valence-electron chi connectivity index (χ1n) is 4.26. The maximum atomic E-state index is 5.96. The van der Waals surface area contributed by atoms with Crippen LogP contribution in [0.4, 0.5) is 5.95 Å². The lowest BCUT2D eigenvalue weighted by atomic mass is 10.1. The number of nitrogens with one attached hydrogen (secondary N) is 1. The molecule has 14 heavy (non-hydrogen) atoms. The van der Waals surface area contributed by atoms with Crippen LogP contribution in [0.1, 0.15) is 25.5 Å². The molecule has 0 atom stereocenters. The monoisotopic (exact) mass is 211 g/mol. The van der Waals surface area contributed by atoms with Crippen LogP contribution in [-0.4, -0.2) is 20.2 Å². The van der Waals surface area contributed by atoms with Gasteiger partial charge in [0.15, 0.2) is 5.65 Å². The van der Waals surface area contributed by atoms with E-state index in [9.17, 15) is 0 Å². The number of hydrogen-bond donors (Lipinski definition) is 2. The van der Waals surface area contributed by atoms with E-state index in [0.717, 1.165) is 11.1 Å². The van der Waals surface area contributed by atoms with Crippen LogP contribution in [0.5, 0.6) is 0 Å². The molecule has 2 aromatic rings. The molecule has 6 heteroatoms. The van der Waals surface area contributed by atoms with Crippen molar-refractivity contribution in [2.24, 2.45) is 0 Å². The second kappa shape index (κ2) is 3.09. The standard InChI is InChI=1S/C8H10ClN5/c1-3(2)5-4-6(9)11-8(10)12-7(4)14-13-5/h3H,1-2H3,(H3,10,11,12,13,14). The quantitative estimate of drug-likeness (QED) is 0.704. The smallest absolute Gasteiger partial charge is 0.223 e. The number of anilines is 1. The summed E-state index contributed by atoms with van der Waals surface area (Å²) in [5.41, 5.74) is 6.90. The van der Waals surface area contributed by atoms with Crippen molar-refractivity contribution < 1.29 is 0 Å². The van der Waals surface area contributed by atoms with Gasteiger partial charge in [-0.2, -0.15) is 10.1 Å². The molecule has 5 nitrogen and oxygen atoms in total. The Balaban J connectivity index is 2.79. The van der Waals surface area contributed by atoms with E-state index in [2.05, 4.69) is 20.2 Å². The number of halogens is 1. The van der Waals surface area contributed by atoms with Gasteiger partial charge in [-0.1, -0.05) is 25.4 Å². The maximum absolute atomic E-state index is 5.96. The Kier molecular flexibility index (Phi) is 2.03. The van der Waals surface area contributed by atoms with Crippen LogP contribution in [0, 0.1) is 0 Å². The average molecular weight is 212 g/mol. The van der Waals surface area contributed by atoms with Crippen LogP contribution in [0.15, 0.2) is 0 Å². The largest absolute Gasteiger partial charge is 0.368 e. The van der Waals surface area contributed by atoms with Gasteiger partial charge >= 0.3 is 0 Å². The van der Waals surface area contributed by atoms with Crippen molar-refractivity contribution >= 4 is 28.6 Å². The van der Waals surface area contributed by atoms with Crippen LogP contribution < -0.4 is 5.73 Å². The van der Waals surface area contributed by atoms with Crippen molar-refractivity contribution in [3.63, 3.8) is 0 Å². The van der Waals surface area contributed by atoms with Crippen LogP contribution in [-0.2, 0) is 0 Å². The molecule has 0 saturated heterocycles. The molecule has 2 rings (SSSR count). The first kappa shape index (κ1) is 9.21. The van der Waals surface area contributed by atoms with Crippen molar-refractivity contribution in [2.45, 2.75) is 19.8 Å². The van der Waals surface area contributed by atoms with E-state index in [1.165, 1.54) is 0 Å². The van der Waals surface area contributed by atoms with E-state index in [0.29, 0.717) is 16.7 Å². The molecule has 0 bridgehead atoms. The molecular weight excluding hydrogens is 202 g/mol. The Morgan fingerprint density at radius 1 is 1.36 bits per heavy atom. The highest BCUT2D eigenvalue weighted by Gasteiger charge is 2.14. The molecule has 0 aliphatic rings. The molecule has 0 aromatic carbocycles. The first-order chi connectivity index (χ1) is 6.59. The predicted octanol–water partition coefficient (Wildman–Crippen LogP) is 1.71. The summed E-state index contributed by atoms with van der Waals surface area (Å²) in [6.07, 6.45) is 0. The molecular formula is C8H10ClN5. The summed E-state index contributed by atoms with van der Waals surface area (Å²) in [5.74, 6) is 0.439. The maximum Gasteiger partial charge on any atom is 0.223 e. The minimum Gasteiger partial charge on any atom is -0.368 e. The van der Waals surface area contributed by atoms with Gasteiger partial charge in [-0.3, -0.25) is 5.10 Å². The van der Waals surface area contributed by atoms with E-state index in [1.807, 2.05) is 13.8 Å². The lowest BCUT2D eigenvalue weighted by molar-refractivity contribution is 0.817. The van der Waals surface area contributed by atoms with Crippen LogP contribution in [0.3, 0.4) is 0 Å². The summed E-state index contributed by atoms with van der Waals surface area (Å²) >= 11 is 5.96. The summed E-state index contributed by atoms with van der Waals surface area (Å²) in [5, 5.41) is 8.02. The van der Waals surface area contributed by atoms with Crippen LogP contribution >= 0.6 is 11.6 Å². The highest BCUT2D eigenvalue weighted by molar-refractivity contribution is 6.34. The van der Waals surface area contributed by atoms with Gasteiger partial charge in [0.25, 0.3) is 0 Å². The zero-order valence-corrected chi connectivity index (χ0v) is 8.63. The number of H-pyrrole nitrogens is 1. The molecule has 0 saturated carbocycles. The van der Waals surface area contributed by atoms with Gasteiger partial charge in [0, 0.05) is 0 Å². The number of nitrogens with zero attached hydrogens (tertiary/aromatic N) is 3. The normalized spacial score (nSPS) is 11.4. The van der Waals surface area contributed by atoms with Crippen molar-refractivity contribution in [3.8, 4) is 0 Å². The summed E-state index contributed by atoms with van der Waals surface area (Å²) in [7, 11) is 0. The fourth-order valence-corrected chi connectivity index (χ4v) is 1.61. The fraction of sp³-hybridized carbons (Fsp3) is 0.375. The number of nitrogens with two attached hydrogens (primary N) is 1. The van der Waals surface area contributed by atoms with E-state index in [4.69, 9.17) is 17.3 Å². The number of nitrogen functional groups attached to an aromatic ring is 1. The molecule has 0 fully saturated rings. The molecule has 0 aliphatic carbocycles. The van der Waals surface area contributed by atoms with Crippen molar-refractivity contribution in [1.29, 1.82) is 0 Å². The SMILES string of the molecule is CC(C)c1[nH]nc2nc(N)nc(Cl)c12. The lowest BCUT2D eigenvalue weighted by Gasteiger charge is -2.01. The number of hydrogen-bond acceptors (Lipinski definition) is 4. The van der Waals surface area contributed by atoms with E-state index in [1.54, 1.807) is 0 Å². The van der Waals surface area contributed by atoms with Gasteiger partial charge in [0.05, 0.1) is 11.1 Å². The Bertz CT molecular complexity index is 476. The van der Waals surface area contributed by atoms with E-state index < -0.39 is 0 Å². The minimum absolute atomic E-state index is 0.143. The zero-order chi connectivity index (χ0) is 10.3. The predicted molar refractivity (Wildman–Crippen MR) is 55.2 cm³/mol. The first-order valence-corrected chi connectivity index (χ1v) is 4.64. The molecule has 3 N–H and O–H groups in total. The zero-order valence-electron chi connectivity index (χ0n) is 7.87. The van der Waals surface area contributed by atoms with E-state index in [-0.39, 0.29) is 5.95 Å². The van der Waals surface area contributed by atoms with E-state index >= 15 is 0 Å². The van der Waals surface area contributed by atoms with Crippen molar-refractivity contribution in [1.82, 2.24) is 20.2 Å². The Labute approximate surface area is 85.7 Å². The minimum atomic E-state index is 0.143. The number of rotatable bonds is 1. The third-order valence-corrected chi connectivity index (χ3v) is 2.27. The molecule has 2 aromatic heterocycles. The summed E-state index contributed by atoms with van der Waals surface area (Å²) < 4.78 is 0. The molecule has 0 spiro atoms. The molecule has 2 heterocycles. The number of fused-ring (bicyclic) bond motifs is 1. The molecule has 0 radical (unpaired) electrons. The Morgan fingerprint density at radius 2 is 2.07 bits per heavy atom. The number of aromatic amines is 1. The lowest BCUT2D eigenvalue weighted by Crippen LogP contribution is -1.96. The summed E-state index contributed by atoms with van der Waals surface area (Å²) in [4.78, 5) is 7.87. The Morgan fingerprint density at radius 3 is 2.71 bits per heavy atom. The van der Waals surface area contributed by atoms with Gasteiger partial charge in [-0.25, -0.2) is 4.98 Å². The van der Waals surface area contributed by atoms with Gasteiger partial charge in [0.1, 0.15) is 5.15 Å². The third-order valence-electron chi connectivity index (χ3n) is 1.99. The average Bonchev–Trinajstić information content (AvgIpc) is 2.47. The topological polar surface area (TPSA) is 80.5 Å². The summed E-state index contributed by atoms with van der Waals surface area (Å²) in [6, 6.07) is 0. The Hall–Kier alpha value is -1.36. The van der Waals surface area contributed by atoms with Crippen LogP contribution in [0.2, 0.25) is 5.15 Å². The van der Waals surface area contributed by atoms with Crippen LogP contribution in [0.25, 0.3) is 11.0 Å². The fourth-order valence-electron chi connectivity index (χ4n) is 1.34. The highest BCUT2D eigenvalue weighted by atomic mass is 35.5. The molecule has 0 amide bonds. The highest BCUT2D eigenvalue weighted by Crippen LogP contribution is 2.27. The van der Waals surface area contributed by atoms with Gasteiger partial charge in [-0.15, -0.1) is 0 Å². The van der Waals surface area contributed by atoms with Crippen molar-refractivity contribution in [2.75, 3.05) is 5.73 Å². The molecule has 0 aliphatic heterocycles. The molecule has 0 unspecified atom stereocenters. The van der Waals surface area contributed by atoms with Gasteiger partial charge in [0.2, 0.25) is 5.95 Å².